The molecule has 0 aromatic rings. The van der Waals surface area contributed by atoms with Crippen LogP contribution in [0.5, 0.6) is 0 Å². The zero-order valence-corrected chi connectivity index (χ0v) is 11.7. The van der Waals surface area contributed by atoms with Crippen molar-refractivity contribution in [2.75, 3.05) is 47.0 Å². The molecular weight excluding hydrogens is 216 g/mol. The fourth-order valence-corrected chi connectivity index (χ4v) is 2.49. The van der Waals surface area contributed by atoms with Gasteiger partial charge in [0, 0.05) is 33.9 Å². The largest absolute Gasteiger partial charge is 0.382 e. The van der Waals surface area contributed by atoms with Crippen LogP contribution in [-0.4, -0.2) is 53.1 Å². The van der Waals surface area contributed by atoms with Crippen LogP contribution in [-0.2, 0) is 9.47 Å². The Morgan fingerprint density at radius 1 is 1.35 bits per heavy atom. The van der Waals surface area contributed by atoms with Crippen LogP contribution in [0.25, 0.3) is 0 Å². The zero-order chi connectivity index (χ0) is 12.7. The summed E-state index contributed by atoms with van der Waals surface area (Å²) in [6.07, 6.45) is 1.41. The zero-order valence-electron chi connectivity index (χ0n) is 11.7. The summed E-state index contributed by atoms with van der Waals surface area (Å²) in [7, 11) is 3.45. The number of methoxy groups -OCH3 is 2. The average Bonchev–Trinajstić information content (AvgIpc) is 2.78. The molecule has 0 aromatic carbocycles. The SMILES string of the molecule is COCC(CNCC1(C(C)C)CCNC1)OC. The summed E-state index contributed by atoms with van der Waals surface area (Å²) in [5.74, 6) is 0.702. The number of rotatable bonds is 8. The monoisotopic (exact) mass is 244 g/mol. The van der Waals surface area contributed by atoms with Gasteiger partial charge in [0.1, 0.15) is 0 Å². The van der Waals surface area contributed by atoms with Gasteiger partial charge in [-0.1, -0.05) is 13.8 Å². The minimum Gasteiger partial charge on any atom is -0.382 e. The summed E-state index contributed by atoms with van der Waals surface area (Å²) in [6, 6.07) is 0. The molecule has 2 atom stereocenters. The van der Waals surface area contributed by atoms with Crippen molar-refractivity contribution in [1.82, 2.24) is 10.6 Å². The van der Waals surface area contributed by atoms with E-state index in [1.54, 1.807) is 14.2 Å². The predicted molar refractivity (Wildman–Crippen MR) is 70.3 cm³/mol. The number of ether oxygens (including phenoxy) is 2. The van der Waals surface area contributed by atoms with E-state index in [2.05, 4.69) is 24.5 Å². The molecule has 4 nitrogen and oxygen atoms in total. The summed E-state index contributed by atoms with van der Waals surface area (Å²) in [5, 5.41) is 7.02. The molecule has 2 N–H and O–H groups in total. The van der Waals surface area contributed by atoms with Gasteiger partial charge in [0.25, 0.3) is 0 Å². The Morgan fingerprint density at radius 3 is 2.59 bits per heavy atom. The molecule has 1 rings (SSSR count). The van der Waals surface area contributed by atoms with Crippen molar-refractivity contribution in [1.29, 1.82) is 0 Å². The molecular formula is C13H28N2O2. The molecule has 1 saturated heterocycles. The van der Waals surface area contributed by atoms with E-state index in [1.165, 1.54) is 6.42 Å². The van der Waals surface area contributed by atoms with Gasteiger partial charge < -0.3 is 20.1 Å². The molecule has 0 amide bonds. The van der Waals surface area contributed by atoms with Crippen molar-refractivity contribution >= 4 is 0 Å². The Bertz CT molecular complexity index is 204. The highest BCUT2D eigenvalue weighted by atomic mass is 16.5. The lowest BCUT2D eigenvalue weighted by Gasteiger charge is -2.33. The average molecular weight is 244 g/mol. The van der Waals surface area contributed by atoms with Crippen molar-refractivity contribution in [3.63, 3.8) is 0 Å². The summed E-state index contributed by atoms with van der Waals surface area (Å²) in [5.41, 5.74) is 0.408. The maximum absolute atomic E-state index is 5.35. The second-order valence-corrected chi connectivity index (χ2v) is 5.39. The fraction of sp³-hybridized carbons (Fsp3) is 1.00. The van der Waals surface area contributed by atoms with E-state index in [9.17, 15) is 0 Å². The minimum absolute atomic E-state index is 0.151. The van der Waals surface area contributed by atoms with Crippen LogP contribution in [0, 0.1) is 11.3 Å². The molecule has 1 heterocycles. The number of nitrogens with one attached hydrogen (secondary N) is 2. The van der Waals surface area contributed by atoms with Gasteiger partial charge in [-0.15, -0.1) is 0 Å². The van der Waals surface area contributed by atoms with Crippen LogP contribution in [0.2, 0.25) is 0 Å². The summed E-state index contributed by atoms with van der Waals surface area (Å²) in [4.78, 5) is 0. The highest BCUT2D eigenvalue weighted by molar-refractivity contribution is 4.92. The predicted octanol–water partition coefficient (Wildman–Crippen LogP) is 0.873. The second-order valence-electron chi connectivity index (χ2n) is 5.39. The Kier molecular flexibility index (Phi) is 6.41. The first-order chi connectivity index (χ1) is 8.14. The van der Waals surface area contributed by atoms with Crippen LogP contribution in [0.1, 0.15) is 20.3 Å². The van der Waals surface area contributed by atoms with E-state index in [0.29, 0.717) is 17.9 Å². The third-order valence-electron chi connectivity index (χ3n) is 4.04. The van der Waals surface area contributed by atoms with E-state index in [0.717, 1.165) is 26.2 Å². The highest BCUT2D eigenvalue weighted by Crippen LogP contribution is 2.33. The summed E-state index contributed by atoms with van der Waals surface area (Å²) >= 11 is 0. The van der Waals surface area contributed by atoms with Gasteiger partial charge in [0.05, 0.1) is 12.7 Å². The van der Waals surface area contributed by atoms with Gasteiger partial charge in [-0.3, -0.25) is 0 Å². The van der Waals surface area contributed by atoms with Crippen molar-refractivity contribution in [3.8, 4) is 0 Å². The normalized spacial score (nSPS) is 26.6. The van der Waals surface area contributed by atoms with Crippen molar-refractivity contribution in [2.45, 2.75) is 26.4 Å². The lowest BCUT2D eigenvalue weighted by Crippen LogP contribution is -2.43. The topological polar surface area (TPSA) is 42.5 Å². The van der Waals surface area contributed by atoms with Crippen molar-refractivity contribution in [3.05, 3.63) is 0 Å². The minimum atomic E-state index is 0.151. The van der Waals surface area contributed by atoms with Crippen molar-refractivity contribution in [2.24, 2.45) is 11.3 Å². The van der Waals surface area contributed by atoms with Gasteiger partial charge in [0.2, 0.25) is 0 Å². The molecule has 17 heavy (non-hydrogen) atoms. The Balaban J connectivity index is 2.32. The summed E-state index contributed by atoms with van der Waals surface area (Å²) in [6.45, 7) is 9.47. The molecule has 0 aliphatic carbocycles. The maximum Gasteiger partial charge on any atom is 0.0928 e. The van der Waals surface area contributed by atoms with E-state index < -0.39 is 0 Å². The van der Waals surface area contributed by atoms with E-state index in [1.807, 2.05) is 0 Å². The van der Waals surface area contributed by atoms with Gasteiger partial charge in [-0.2, -0.15) is 0 Å². The first-order valence-corrected chi connectivity index (χ1v) is 6.58. The Morgan fingerprint density at radius 2 is 2.12 bits per heavy atom. The van der Waals surface area contributed by atoms with Crippen LogP contribution in [0.15, 0.2) is 0 Å². The van der Waals surface area contributed by atoms with E-state index >= 15 is 0 Å². The van der Waals surface area contributed by atoms with E-state index in [-0.39, 0.29) is 6.10 Å². The van der Waals surface area contributed by atoms with Crippen molar-refractivity contribution < 1.29 is 9.47 Å². The van der Waals surface area contributed by atoms with Gasteiger partial charge in [-0.05, 0) is 24.3 Å². The maximum atomic E-state index is 5.35. The second kappa shape index (κ2) is 7.31. The molecule has 1 fully saturated rings. The highest BCUT2D eigenvalue weighted by Gasteiger charge is 2.36. The van der Waals surface area contributed by atoms with Crippen LogP contribution in [0.3, 0.4) is 0 Å². The molecule has 0 saturated carbocycles. The molecule has 4 heteroatoms. The Hall–Kier alpha value is -0.160. The third-order valence-corrected chi connectivity index (χ3v) is 4.04. The number of hydrogen-bond acceptors (Lipinski definition) is 4. The Labute approximate surface area is 105 Å². The third kappa shape index (κ3) is 4.21. The smallest absolute Gasteiger partial charge is 0.0928 e. The van der Waals surface area contributed by atoms with Crippen LogP contribution >= 0.6 is 0 Å². The van der Waals surface area contributed by atoms with Gasteiger partial charge in [-0.25, -0.2) is 0 Å². The molecule has 1 aliphatic heterocycles. The van der Waals surface area contributed by atoms with E-state index in [4.69, 9.17) is 9.47 Å². The molecule has 0 radical (unpaired) electrons. The summed E-state index contributed by atoms with van der Waals surface area (Å²) < 4.78 is 10.5. The van der Waals surface area contributed by atoms with Crippen LogP contribution < -0.4 is 10.6 Å². The number of hydrogen-bond donors (Lipinski definition) is 2. The molecule has 2 unspecified atom stereocenters. The molecule has 0 spiro atoms. The fourth-order valence-electron chi connectivity index (χ4n) is 2.49. The molecule has 102 valence electrons. The standard InChI is InChI=1S/C13H28N2O2/c1-11(2)13(5-6-14-9-13)10-15-7-12(17-4)8-16-3/h11-12,14-15H,5-10H2,1-4H3. The lowest BCUT2D eigenvalue weighted by molar-refractivity contribution is 0.0266. The molecule has 1 aliphatic rings. The first-order valence-electron chi connectivity index (χ1n) is 6.58. The first kappa shape index (κ1) is 14.9. The molecule has 0 bridgehead atoms. The lowest BCUT2D eigenvalue weighted by atomic mass is 9.76. The quantitative estimate of drug-likeness (QED) is 0.665. The molecule has 0 aromatic heterocycles. The van der Waals surface area contributed by atoms with Crippen LogP contribution in [0.4, 0.5) is 0 Å². The van der Waals surface area contributed by atoms with Gasteiger partial charge in [0.15, 0.2) is 0 Å². The van der Waals surface area contributed by atoms with Gasteiger partial charge >= 0.3 is 0 Å².